The largest absolute Gasteiger partial charge is 0.454 e. The van der Waals surface area contributed by atoms with E-state index in [2.05, 4.69) is 10.3 Å². The number of ether oxygens (including phenoxy) is 1. The molecule has 5 aromatic rings. The van der Waals surface area contributed by atoms with Gasteiger partial charge in [-0.3, -0.25) is 4.79 Å². The molecule has 0 fully saturated rings. The van der Waals surface area contributed by atoms with Crippen molar-refractivity contribution in [3.05, 3.63) is 88.1 Å². The molecule has 0 bridgehead atoms. The minimum atomic E-state index is -1.17. The minimum Gasteiger partial charge on any atom is -0.454 e. The van der Waals surface area contributed by atoms with Crippen molar-refractivity contribution in [2.24, 2.45) is 7.05 Å². The van der Waals surface area contributed by atoms with Crippen molar-refractivity contribution in [3.63, 3.8) is 0 Å². The quantitative estimate of drug-likeness (QED) is 0.341. The molecule has 0 saturated carbocycles. The summed E-state index contributed by atoms with van der Waals surface area (Å²) in [7, 11) is 1.64. The highest BCUT2D eigenvalue weighted by molar-refractivity contribution is 7.21. The van der Waals surface area contributed by atoms with Gasteiger partial charge in [0.1, 0.15) is 16.6 Å². The van der Waals surface area contributed by atoms with E-state index in [4.69, 9.17) is 4.74 Å². The summed E-state index contributed by atoms with van der Waals surface area (Å²) in [6.45, 7) is 5.12. The Labute approximate surface area is 208 Å². The molecule has 0 aliphatic heterocycles. The molecule has 1 N–H and O–H groups in total. The summed E-state index contributed by atoms with van der Waals surface area (Å²) in [5, 5.41) is 20.0. The molecule has 0 aliphatic carbocycles. The van der Waals surface area contributed by atoms with E-state index in [1.807, 2.05) is 6.92 Å². The lowest BCUT2D eigenvalue weighted by Crippen LogP contribution is -2.17. The Morgan fingerprint density at radius 3 is 2.44 bits per heavy atom. The Bertz CT molecular complexity index is 1680. The maximum absolute atomic E-state index is 14.4. The maximum atomic E-state index is 14.4. The van der Waals surface area contributed by atoms with Crippen LogP contribution in [0.2, 0.25) is 0 Å². The fraction of sp³-hybridized carbons (Fsp3) is 0.192. The predicted molar refractivity (Wildman–Crippen MR) is 134 cm³/mol. The van der Waals surface area contributed by atoms with E-state index in [0.29, 0.717) is 31.8 Å². The normalized spacial score (nSPS) is 11.9. The number of benzene rings is 2. The Balaban J connectivity index is 1.76. The number of nitrogens with zero attached hydrogens (tertiary/aromatic N) is 4. The zero-order chi connectivity index (χ0) is 25.8. The summed E-state index contributed by atoms with van der Waals surface area (Å²) < 4.78 is 37.5. The van der Waals surface area contributed by atoms with Crippen LogP contribution in [0, 0.1) is 18.6 Å². The van der Waals surface area contributed by atoms with Crippen LogP contribution in [0.5, 0.6) is 11.5 Å². The highest BCUT2D eigenvalue weighted by Crippen LogP contribution is 2.42. The second-order valence-corrected chi connectivity index (χ2v) is 10.1. The SMILES string of the molecule is Cc1cn(-c2cc3c(=O)n(C)cc(-c4cc(C(C)(C)O)ccc4Oc4ccc(F)cc4F)c3s2)nn1. The number of hydrogen-bond acceptors (Lipinski definition) is 6. The summed E-state index contributed by atoms with van der Waals surface area (Å²) in [6, 6.07) is 9.87. The summed E-state index contributed by atoms with van der Waals surface area (Å²) in [5.74, 6) is -1.44. The topological polar surface area (TPSA) is 82.2 Å². The Morgan fingerprint density at radius 2 is 1.78 bits per heavy atom. The van der Waals surface area contributed by atoms with Crippen molar-refractivity contribution >= 4 is 21.4 Å². The van der Waals surface area contributed by atoms with E-state index in [0.717, 1.165) is 17.8 Å². The molecule has 0 radical (unpaired) electrons. The molecule has 5 rings (SSSR count). The fourth-order valence-electron chi connectivity index (χ4n) is 3.88. The smallest absolute Gasteiger partial charge is 0.259 e. The first kappa shape index (κ1) is 23.8. The lowest BCUT2D eigenvalue weighted by atomic mass is 9.94. The van der Waals surface area contributed by atoms with Crippen molar-refractivity contribution < 1.29 is 18.6 Å². The van der Waals surface area contributed by atoms with Gasteiger partial charge in [0.25, 0.3) is 5.56 Å². The number of aliphatic hydroxyl groups is 1. The first-order valence-corrected chi connectivity index (χ1v) is 11.9. The van der Waals surface area contributed by atoms with Crippen molar-refractivity contribution in [3.8, 4) is 27.6 Å². The van der Waals surface area contributed by atoms with Gasteiger partial charge in [-0.15, -0.1) is 16.4 Å². The molecular weight excluding hydrogens is 486 g/mol. The molecular formula is C26H22F2N4O3S. The van der Waals surface area contributed by atoms with Gasteiger partial charge < -0.3 is 14.4 Å². The zero-order valence-electron chi connectivity index (χ0n) is 19.9. The van der Waals surface area contributed by atoms with Crippen LogP contribution < -0.4 is 10.3 Å². The van der Waals surface area contributed by atoms with Gasteiger partial charge in [0.05, 0.1) is 27.6 Å². The molecule has 2 aromatic carbocycles. The number of hydrogen-bond donors (Lipinski definition) is 1. The number of halogens is 2. The summed E-state index contributed by atoms with van der Waals surface area (Å²) in [4.78, 5) is 13.0. The van der Waals surface area contributed by atoms with Gasteiger partial charge in [-0.1, -0.05) is 11.3 Å². The highest BCUT2D eigenvalue weighted by atomic mass is 32.1. The van der Waals surface area contributed by atoms with Gasteiger partial charge in [0.2, 0.25) is 0 Å². The van der Waals surface area contributed by atoms with Gasteiger partial charge in [-0.2, -0.15) is 0 Å². The van der Waals surface area contributed by atoms with Gasteiger partial charge in [0, 0.05) is 30.4 Å². The molecule has 3 aromatic heterocycles. The average molecular weight is 509 g/mol. The molecule has 0 aliphatic rings. The summed E-state index contributed by atoms with van der Waals surface area (Å²) in [6.07, 6.45) is 3.44. The molecule has 36 heavy (non-hydrogen) atoms. The zero-order valence-corrected chi connectivity index (χ0v) is 20.7. The van der Waals surface area contributed by atoms with Gasteiger partial charge in [-0.05, 0) is 56.7 Å². The van der Waals surface area contributed by atoms with E-state index < -0.39 is 17.2 Å². The Kier molecular flexibility index (Phi) is 5.73. The molecule has 0 spiro atoms. The van der Waals surface area contributed by atoms with Crippen molar-refractivity contribution in [2.75, 3.05) is 0 Å². The van der Waals surface area contributed by atoms with Gasteiger partial charge >= 0.3 is 0 Å². The van der Waals surface area contributed by atoms with Crippen LogP contribution >= 0.6 is 11.3 Å². The standard InChI is InChI=1S/C26H22F2N4O3S/c1-14-12-32(30-29-14)23-11-18-24(36-23)19(13-31(4)25(18)33)17-9-15(26(2,3)34)5-7-21(17)35-22-8-6-16(27)10-20(22)28/h5-13,34H,1-4H3. The van der Waals surface area contributed by atoms with Gasteiger partial charge in [-0.25, -0.2) is 13.5 Å². The van der Waals surface area contributed by atoms with E-state index in [9.17, 15) is 18.7 Å². The van der Waals surface area contributed by atoms with E-state index in [1.54, 1.807) is 62.2 Å². The fourth-order valence-corrected chi connectivity index (χ4v) is 4.98. The van der Waals surface area contributed by atoms with Gasteiger partial charge in [0.15, 0.2) is 11.6 Å². The number of fused-ring (bicyclic) bond motifs is 1. The third-order valence-electron chi connectivity index (χ3n) is 5.76. The van der Waals surface area contributed by atoms with Crippen molar-refractivity contribution in [1.29, 1.82) is 0 Å². The third-order valence-corrected chi connectivity index (χ3v) is 6.92. The molecule has 0 amide bonds. The number of aromatic nitrogens is 4. The summed E-state index contributed by atoms with van der Waals surface area (Å²) >= 11 is 1.35. The van der Waals surface area contributed by atoms with Crippen LogP contribution in [0.3, 0.4) is 0 Å². The Hall–Kier alpha value is -3.89. The Morgan fingerprint density at radius 1 is 1.03 bits per heavy atom. The van der Waals surface area contributed by atoms with Crippen LogP contribution in [0.1, 0.15) is 25.1 Å². The summed E-state index contributed by atoms with van der Waals surface area (Å²) in [5.41, 5.74) is 1.13. The van der Waals surface area contributed by atoms with E-state index >= 15 is 0 Å². The third kappa shape index (κ3) is 4.29. The molecule has 0 unspecified atom stereocenters. The lowest BCUT2D eigenvalue weighted by molar-refractivity contribution is 0.0786. The number of aryl methyl sites for hydroxylation is 2. The number of thiophene rings is 1. The molecule has 3 heterocycles. The predicted octanol–water partition coefficient (Wildman–Crippen LogP) is 5.45. The molecule has 10 heteroatoms. The van der Waals surface area contributed by atoms with Crippen molar-refractivity contribution in [2.45, 2.75) is 26.4 Å². The minimum absolute atomic E-state index is 0.153. The number of rotatable bonds is 5. The monoisotopic (exact) mass is 508 g/mol. The number of pyridine rings is 1. The first-order chi connectivity index (χ1) is 17.0. The van der Waals surface area contributed by atoms with Crippen LogP contribution in [-0.4, -0.2) is 24.7 Å². The van der Waals surface area contributed by atoms with E-state index in [-0.39, 0.29) is 17.1 Å². The van der Waals surface area contributed by atoms with Crippen LogP contribution in [-0.2, 0) is 12.6 Å². The average Bonchev–Trinajstić information content (AvgIpc) is 3.44. The van der Waals surface area contributed by atoms with Crippen LogP contribution in [0.25, 0.3) is 26.2 Å². The van der Waals surface area contributed by atoms with Crippen LogP contribution in [0.15, 0.2) is 59.7 Å². The molecule has 184 valence electrons. The highest BCUT2D eigenvalue weighted by Gasteiger charge is 2.23. The van der Waals surface area contributed by atoms with E-state index in [1.165, 1.54) is 22.0 Å². The maximum Gasteiger partial charge on any atom is 0.259 e. The molecule has 7 nitrogen and oxygen atoms in total. The lowest BCUT2D eigenvalue weighted by Gasteiger charge is -2.21. The van der Waals surface area contributed by atoms with Crippen molar-refractivity contribution in [1.82, 2.24) is 19.6 Å². The first-order valence-electron chi connectivity index (χ1n) is 11.0. The van der Waals surface area contributed by atoms with Crippen LogP contribution in [0.4, 0.5) is 8.78 Å². The second kappa shape index (κ2) is 8.65. The second-order valence-electron chi connectivity index (χ2n) is 9.04. The molecule has 0 saturated heterocycles. The molecule has 0 atom stereocenters.